The maximum absolute atomic E-state index is 11.6. The molecule has 5 heteroatoms. The van der Waals surface area contributed by atoms with Crippen LogP contribution in [0.5, 0.6) is 0 Å². The summed E-state index contributed by atoms with van der Waals surface area (Å²) in [6.45, 7) is 4.73. The Morgan fingerprint density at radius 2 is 2.50 bits per heavy atom. The molecule has 1 aromatic rings. The van der Waals surface area contributed by atoms with Crippen LogP contribution >= 0.6 is 0 Å². The van der Waals surface area contributed by atoms with Crippen molar-refractivity contribution in [3.63, 3.8) is 0 Å². The van der Waals surface area contributed by atoms with Crippen molar-refractivity contribution in [2.24, 2.45) is 5.92 Å². The highest BCUT2D eigenvalue weighted by atomic mass is 16.2. The number of rotatable bonds is 2. The quantitative estimate of drug-likeness (QED) is 0.745. The van der Waals surface area contributed by atoms with Crippen LogP contribution < -0.4 is 5.32 Å². The van der Waals surface area contributed by atoms with Crippen LogP contribution in [0.1, 0.15) is 32.0 Å². The van der Waals surface area contributed by atoms with Crippen LogP contribution in [0.25, 0.3) is 0 Å². The van der Waals surface area contributed by atoms with Gasteiger partial charge in [-0.25, -0.2) is 4.68 Å². The summed E-state index contributed by atoms with van der Waals surface area (Å²) < 4.78 is 1.73. The van der Waals surface area contributed by atoms with Crippen LogP contribution in [0.2, 0.25) is 0 Å². The van der Waals surface area contributed by atoms with Crippen molar-refractivity contribution < 1.29 is 4.79 Å². The Morgan fingerprint density at radius 3 is 3.21 bits per heavy atom. The van der Waals surface area contributed by atoms with Gasteiger partial charge < -0.3 is 5.32 Å². The minimum Gasteiger partial charge on any atom is -0.349 e. The predicted molar refractivity (Wildman–Crippen MR) is 50.4 cm³/mol. The fraction of sp³-hybridized carbons (Fsp3) is 0.667. The summed E-state index contributed by atoms with van der Waals surface area (Å²) in [5, 5.41) is 10.6. The summed E-state index contributed by atoms with van der Waals surface area (Å²) in [6.07, 6.45) is 2.51. The maximum Gasteiger partial charge on any atom is 0.245 e. The molecule has 0 radical (unpaired) electrons. The summed E-state index contributed by atoms with van der Waals surface area (Å²) in [7, 11) is 0. The minimum atomic E-state index is -0.179. The predicted octanol–water partition coefficient (Wildman–Crippen LogP) is 0.495. The maximum atomic E-state index is 11.6. The average molecular weight is 194 g/mol. The lowest BCUT2D eigenvalue weighted by molar-refractivity contribution is -0.126. The second-order valence-electron chi connectivity index (χ2n) is 4.03. The zero-order valence-electron chi connectivity index (χ0n) is 8.40. The number of carbonyl (C=O) groups is 1. The number of fused-ring (bicyclic) bond motifs is 1. The molecule has 1 aromatic heterocycles. The number of amides is 1. The van der Waals surface area contributed by atoms with Gasteiger partial charge in [0.1, 0.15) is 6.04 Å². The van der Waals surface area contributed by atoms with Crippen LogP contribution in [0.3, 0.4) is 0 Å². The molecule has 1 N–H and O–H groups in total. The van der Waals surface area contributed by atoms with Crippen LogP contribution in [0, 0.1) is 5.92 Å². The number of carbonyl (C=O) groups excluding carboxylic acids is 1. The first-order chi connectivity index (χ1) is 6.68. The smallest absolute Gasteiger partial charge is 0.245 e. The second-order valence-corrected chi connectivity index (χ2v) is 4.03. The van der Waals surface area contributed by atoms with Gasteiger partial charge in [-0.2, -0.15) is 0 Å². The fourth-order valence-electron chi connectivity index (χ4n) is 1.71. The van der Waals surface area contributed by atoms with E-state index in [0.717, 1.165) is 12.1 Å². The van der Waals surface area contributed by atoms with E-state index in [-0.39, 0.29) is 11.9 Å². The molecule has 2 rings (SSSR count). The Morgan fingerprint density at radius 1 is 1.71 bits per heavy atom. The average Bonchev–Trinajstić information content (AvgIpc) is 2.57. The van der Waals surface area contributed by atoms with Gasteiger partial charge in [0.25, 0.3) is 0 Å². The summed E-state index contributed by atoms with van der Waals surface area (Å²) in [6, 6.07) is -0.179. The van der Waals surface area contributed by atoms with Gasteiger partial charge in [0.15, 0.2) is 0 Å². The first-order valence-electron chi connectivity index (χ1n) is 4.85. The Kier molecular flexibility index (Phi) is 2.23. The second kappa shape index (κ2) is 3.40. The van der Waals surface area contributed by atoms with Gasteiger partial charge >= 0.3 is 0 Å². The van der Waals surface area contributed by atoms with Gasteiger partial charge in [-0.3, -0.25) is 4.79 Å². The highest BCUT2D eigenvalue weighted by molar-refractivity contribution is 5.81. The van der Waals surface area contributed by atoms with Crippen LogP contribution in [-0.2, 0) is 11.3 Å². The van der Waals surface area contributed by atoms with Crippen molar-refractivity contribution in [1.82, 2.24) is 20.3 Å². The number of hydrogen-bond donors (Lipinski definition) is 1. The molecule has 0 fully saturated rings. The van der Waals surface area contributed by atoms with Crippen molar-refractivity contribution in [2.45, 2.75) is 32.9 Å². The minimum absolute atomic E-state index is 0.0525. The van der Waals surface area contributed by atoms with Crippen molar-refractivity contribution in [3.05, 3.63) is 11.9 Å². The van der Waals surface area contributed by atoms with Crippen molar-refractivity contribution in [2.75, 3.05) is 0 Å². The van der Waals surface area contributed by atoms with E-state index in [0.29, 0.717) is 12.5 Å². The fourth-order valence-corrected chi connectivity index (χ4v) is 1.71. The SMILES string of the molecule is CC(C)C[C@H]1C(=O)NCc2cnnn21. The standard InChI is InChI=1S/C9H14N4O/c1-6(2)3-8-9(14)10-4-7-5-11-12-13(7)8/h5-6,8H,3-4H2,1-2H3,(H,10,14)/t8-/m0/s1. The summed E-state index contributed by atoms with van der Waals surface area (Å²) in [5.41, 5.74) is 0.982. The molecule has 1 amide bonds. The zero-order chi connectivity index (χ0) is 10.1. The molecule has 76 valence electrons. The monoisotopic (exact) mass is 194 g/mol. The molecule has 0 spiro atoms. The number of nitrogens with one attached hydrogen (secondary N) is 1. The summed E-state index contributed by atoms with van der Waals surface area (Å²) >= 11 is 0. The Labute approximate surface area is 82.5 Å². The zero-order valence-corrected chi connectivity index (χ0v) is 8.40. The van der Waals surface area contributed by atoms with Crippen molar-refractivity contribution in [1.29, 1.82) is 0 Å². The molecule has 0 unspecified atom stereocenters. The van der Waals surface area contributed by atoms with Gasteiger partial charge in [-0.15, -0.1) is 5.10 Å². The number of hydrogen-bond acceptors (Lipinski definition) is 3. The van der Waals surface area contributed by atoms with E-state index < -0.39 is 0 Å². The normalized spacial score (nSPS) is 20.8. The lowest BCUT2D eigenvalue weighted by Gasteiger charge is -2.24. The van der Waals surface area contributed by atoms with E-state index >= 15 is 0 Å². The molecular weight excluding hydrogens is 180 g/mol. The summed E-state index contributed by atoms with van der Waals surface area (Å²) in [4.78, 5) is 11.6. The Balaban J connectivity index is 2.27. The van der Waals surface area contributed by atoms with Gasteiger partial charge in [0.2, 0.25) is 5.91 Å². The molecular formula is C9H14N4O. The van der Waals surface area contributed by atoms with E-state index in [4.69, 9.17) is 0 Å². The first-order valence-corrected chi connectivity index (χ1v) is 4.85. The van der Waals surface area contributed by atoms with Crippen LogP contribution in [0.15, 0.2) is 6.20 Å². The van der Waals surface area contributed by atoms with E-state index in [1.165, 1.54) is 0 Å². The lowest BCUT2D eigenvalue weighted by atomic mass is 10.0. The molecule has 0 saturated carbocycles. The summed E-state index contributed by atoms with van der Waals surface area (Å²) in [5.74, 6) is 0.526. The third-order valence-corrected chi connectivity index (χ3v) is 2.39. The molecule has 0 aromatic carbocycles. The van der Waals surface area contributed by atoms with Gasteiger partial charge in [0.05, 0.1) is 18.4 Å². The Bertz CT molecular complexity index is 344. The molecule has 14 heavy (non-hydrogen) atoms. The first kappa shape index (κ1) is 9.18. The topological polar surface area (TPSA) is 59.8 Å². The van der Waals surface area contributed by atoms with E-state index in [1.54, 1.807) is 10.9 Å². The number of aromatic nitrogens is 3. The third-order valence-electron chi connectivity index (χ3n) is 2.39. The highest BCUT2D eigenvalue weighted by Crippen LogP contribution is 2.21. The van der Waals surface area contributed by atoms with Crippen LogP contribution in [-0.4, -0.2) is 20.9 Å². The molecule has 1 aliphatic rings. The molecule has 2 heterocycles. The van der Waals surface area contributed by atoms with Gasteiger partial charge in [-0.1, -0.05) is 19.1 Å². The van der Waals surface area contributed by atoms with Gasteiger partial charge in [-0.05, 0) is 12.3 Å². The molecule has 5 nitrogen and oxygen atoms in total. The van der Waals surface area contributed by atoms with E-state index in [1.807, 2.05) is 0 Å². The molecule has 0 saturated heterocycles. The lowest BCUT2D eigenvalue weighted by Crippen LogP contribution is -2.39. The van der Waals surface area contributed by atoms with Crippen LogP contribution in [0.4, 0.5) is 0 Å². The van der Waals surface area contributed by atoms with Crippen molar-refractivity contribution >= 4 is 5.91 Å². The molecule has 0 aliphatic carbocycles. The Hall–Kier alpha value is -1.39. The third kappa shape index (κ3) is 1.49. The number of nitrogens with zero attached hydrogens (tertiary/aromatic N) is 3. The van der Waals surface area contributed by atoms with E-state index in [2.05, 4.69) is 29.5 Å². The highest BCUT2D eigenvalue weighted by Gasteiger charge is 2.28. The van der Waals surface area contributed by atoms with E-state index in [9.17, 15) is 4.79 Å². The van der Waals surface area contributed by atoms with Crippen molar-refractivity contribution in [3.8, 4) is 0 Å². The molecule has 0 bridgehead atoms. The van der Waals surface area contributed by atoms with Gasteiger partial charge in [0, 0.05) is 0 Å². The molecule has 1 aliphatic heterocycles. The molecule has 1 atom stereocenters. The largest absolute Gasteiger partial charge is 0.349 e.